The highest BCUT2D eigenvalue weighted by atomic mass is 16.5. The van der Waals surface area contributed by atoms with Gasteiger partial charge >= 0.3 is 11.8 Å². The van der Waals surface area contributed by atoms with Crippen molar-refractivity contribution < 1.29 is 19.1 Å². The zero-order valence-corrected chi connectivity index (χ0v) is 14.9. The third-order valence-electron chi connectivity index (χ3n) is 3.66. The van der Waals surface area contributed by atoms with Gasteiger partial charge in [0.15, 0.2) is 0 Å². The largest absolute Gasteiger partial charge is 0.497 e. The second-order valence-corrected chi connectivity index (χ2v) is 5.27. The topological polar surface area (TPSA) is 89.0 Å². The van der Waals surface area contributed by atoms with Gasteiger partial charge in [-0.05, 0) is 30.2 Å². The number of methoxy groups -OCH3 is 2. The van der Waals surface area contributed by atoms with Gasteiger partial charge in [-0.15, -0.1) is 0 Å². The second kappa shape index (κ2) is 9.22. The quantitative estimate of drug-likeness (QED) is 0.473. The number of hydrogen-bond donors (Lipinski definition) is 2. The zero-order valence-electron chi connectivity index (χ0n) is 14.9. The van der Waals surface area contributed by atoms with Gasteiger partial charge in [-0.25, -0.2) is 5.43 Å². The molecule has 2 rings (SSSR count). The summed E-state index contributed by atoms with van der Waals surface area (Å²) in [5.74, 6) is -0.481. The molecule has 0 aliphatic rings. The minimum atomic E-state index is -0.861. The van der Waals surface area contributed by atoms with Gasteiger partial charge in [-0.2, -0.15) is 5.10 Å². The summed E-state index contributed by atoms with van der Waals surface area (Å²) in [4.78, 5) is 23.9. The van der Waals surface area contributed by atoms with Crippen LogP contribution in [0.5, 0.6) is 11.5 Å². The lowest BCUT2D eigenvalue weighted by Gasteiger charge is -2.08. The van der Waals surface area contributed by atoms with Gasteiger partial charge in [0.25, 0.3) is 0 Å². The maximum absolute atomic E-state index is 12.0. The Bertz CT molecular complexity index is 818. The van der Waals surface area contributed by atoms with Crippen molar-refractivity contribution in [2.75, 3.05) is 19.5 Å². The lowest BCUT2D eigenvalue weighted by molar-refractivity contribution is -0.136. The highest BCUT2D eigenvalue weighted by Crippen LogP contribution is 2.23. The SMILES string of the molecule is CCc1ccccc1NC(=O)C(=O)N/N=C\c1ccc(OC)cc1OC. The van der Waals surface area contributed by atoms with E-state index >= 15 is 0 Å². The fourth-order valence-corrected chi connectivity index (χ4v) is 2.27. The fraction of sp³-hybridized carbons (Fsp3) is 0.211. The first-order valence-electron chi connectivity index (χ1n) is 8.03. The standard InChI is InChI=1S/C19H21N3O4/c1-4-13-7-5-6-8-16(13)21-18(23)19(24)22-20-12-14-9-10-15(25-2)11-17(14)26-3/h5-12H,4H2,1-3H3,(H,21,23)(H,22,24)/b20-12-. The van der Waals surface area contributed by atoms with E-state index in [1.165, 1.54) is 13.3 Å². The molecule has 2 N–H and O–H groups in total. The fourth-order valence-electron chi connectivity index (χ4n) is 2.27. The Hall–Kier alpha value is -3.35. The van der Waals surface area contributed by atoms with Crippen molar-refractivity contribution in [1.82, 2.24) is 5.43 Å². The van der Waals surface area contributed by atoms with Crippen LogP contribution in [0.1, 0.15) is 18.1 Å². The molecule has 7 heteroatoms. The van der Waals surface area contributed by atoms with Crippen LogP contribution in [-0.4, -0.2) is 32.2 Å². The Morgan fingerprint density at radius 3 is 2.54 bits per heavy atom. The van der Waals surface area contributed by atoms with E-state index in [1.807, 2.05) is 19.1 Å². The summed E-state index contributed by atoms with van der Waals surface area (Å²) in [5.41, 5.74) is 4.38. The Kier molecular flexibility index (Phi) is 6.73. The molecule has 0 aliphatic heterocycles. The number of ether oxygens (including phenoxy) is 2. The van der Waals surface area contributed by atoms with Crippen LogP contribution in [0.3, 0.4) is 0 Å². The molecule has 0 heterocycles. The Morgan fingerprint density at radius 1 is 1.08 bits per heavy atom. The third kappa shape index (κ3) is 4.83. The van der Waals surface area contributed by atoms with Gasteiger partial charge in [-0.3, -0.25) is 9.59 Å². The van der Waals surface area contributed by atoms with Crippen molar-refractivity contribution in [1.29, 1.82) is 0 Å². The maximum atomic E-state index is 12.0. The number of hydrogen-bond acceptors (Lipinski definition) is 5. The molecule has 0 aliphatic carbocycles. The summed E-state index contributed by atoms with van der Waals surface area (Å²) in [6.07, 6.45) is 2.14. The highest BCUT2D eigenvalue weighted by molar-refractivity contribution is 6.39. The summed E-state index contributed by atoms with van der Waals surface area (Å²) in [7, 11) is 3.07. The molecule has 2 amide bonds. The predicted octanol–water partition coefficient (Wildman–Crippen LogP) is 2.36. The van der Waals surface area contributed by atoms with Crippen LogP contribution in [-0.2, 0) is 16.0 Å². The lowest BCUT2D eigenvalue weighted by atomic mass is 10.1. The third-order valence-corrected chi connectivity index (χ3v) is 3.66. The maximum Gasteiger partial charge on any atom is 0.329 e. The number of para-hydroxylation sites is 1. The predicted molar refractivity (Wildman–Crippen MR) is 99.7 cm³/mol. The monoisotopic (exact) mass is 355 g/mol. The molecule has 0 spiro atoms. The van der Waals surface area contributed by atoms with E-state index in [2.05, 4.69) is 15.8 Å². The van der Waals surface area contributed by atoms with Crippen molar-refractivity contribution in [2.45, 2.75) is 13.3 Å². The number of nitrogens with zero attached hydrogens (tertiary/aromatic N) is 1. The van der Waals surface area contributed by atoms with Gasteiger partial charge in [0.05, 0.1) is 20.4 Å². The number of carbonyl (C=O) groups excluding carboxylic acids is 2. The minimum Gasteiger partial charge on any atom is -0.497 e. The highest BCUT2D eigenvalue weighted by Gasteiger charge is 2.14. The summed E-state index contributed by atoms with van der Waals surface area (Å²) < 4.78 is 10.3. The first kappa shape index (κ1) is 19.0. The normalized spacial score (nSPS) is 10.4. The number of aryl methyl sites for hydroxylation is 1. The smallest absolute Gasteiger partial charge is 0.329 e. The van der Waals surface area contributed by atoms with E-state index < -0.39 is 11.8 Å². The number of anilines is 1. The number of carbonyl (C=O) groups is 2. The molecule has 0 bridgehead atoms. The molecular weight excluding hydrogens is 334 g/mol. The molecule has 0 fully saturated rings. The van der Waals surface area contributed by atoms with Crippen LogP contribution in [0.25, 0.3) is 0 Å². The molecule has 26 heavy (non-hydrogen) atoms. The number of nitrogens with one attached hydrogen (secondary N) is 2. The molecular formula is C19H21N3O4. The first-order chi connectivity index (χ1) is 12.6. The van der Waals surface area contributed by atoms with E-state index in [0.29, 0.717) is 22.7 Å². The summed E-state index contributed by atoms with van der Waals surface area (Å²) in [6.45, 7) is 1.97. The molecule has 0 atom stereocenters. The van der Waals surface area contributed by atoms with Gasteiger partial charge in [-0.1, -0.05) is 25.1 Å². The number of benzene rings is 2. The van der Waals surface area contributed by atoms with Crippen molar-refractivity contribution in [3.63, 3.8) is 0 Å². The van der Waals surface area contributed by atoms with Crippen LogP contribution in [0, 0.1) is 0 Å². The van der Waals surface area contributed by atoms with E-state index in [4.69, 9.17) is 9.47 Å². The van der Waals surface area contributed by atoms with Crippen molar-refractivity contribution >= 4 is 23.7 Å². The molecule has 0 unspecified atom stereocenters. The number of rotatable bonds is 6. The Labute approximate surface area is 152 Å². The van der Waals surface area contributed by atoms with Gasteiger partial charge in [0.2, 0.25) is 0 Å². The van der Waals surface area contributed by atoms with Crippen LogP contribution < -0.4 is 20.2 Å². The van der Waals surface area contributed by atoms with Gasteiger partial charge < -0.3 is 14.8 Å². The minimum absolute atomic E-state index is 0.531. The summed E-state index contributed by atoms with van der Waals surface area (Å²) >= 11 is 0. The molecule has 0 radical (unpaired) electrons. The summed E-state index contributed by atoms with van der Waals surface area (Å²) in [5, 5.41) is 6.39. The Morgan fingerprint density at radius 2 is 1.85 bits per heavy atom. The second-order valence-electron chi connectivity index (χ2n) is 5.27. The van der Waals surface area contributed by atoms with E-state index in [9.17, 15) is 9.59 Å². The van der Waals surface area contributed by atoms with Gasteiger partial charge in [0.1, 0.15) is 11.5 Å². The summed E-state index contributed by atoms with van der Waals surface area (Å²) in [6, 6.07) is 12.5. The molecule has 0 saturated carbocycles. The molecule has 0 saturated heterocycles. The molecule has 136 valence electrons. The van der Waals surface area contributed by atoms with Crippen molar-refractivity contribution in [3.05, 3.63) is 53.6 Å². The first-order valence-corrected chi connectivity index (χ1v) is 8.03. The zero-order chi connectivity index (χ0) is 18.9. The Balaban J connectivity index is 1.99. The average molecular weight is 355 g/mol. The average Bonchev–Trinajstić information content (AvgIpc) is 2.68. The number of hydrazone groups is 1. The van der Waals surface area contributed by atoms with Crippen molar-refractivity contribution in [3.8, 4) is 11.5 Å². The molecule has 0 aromatic heterocycles. The number of amides is 2. The lowest BCUT2D eigenvalue weighted by Crippen LogP contribution is -2.32. The van der Waals surface area contributed by atoms with Crippen LogP contribution >= 0.6 is 0 Å². The molecule has 2 aromatic rings. The van der Waals surface area contributed by atoms with Crippen LogP contribution in [0.2, 0.25) is 0 Å². The van der Waals surface area contributed by atoms with E-state index in [-0.39, 0.29) is 0 Å². The van der Waals surface area contributed by atoms with Crippen LogP contribution in [0.4, 0.5) is 5.69 Å². The molecule has 7 nitrogen and oxygen atoms in total. The van der Waals surface area contributed by atoms with E-state index in [0.717, 1.165) is 12.0 Å². The van der Waals surface area contributed by atoms with E-state index in [1.54, 1.807) is 37.4 Å². The van der Waals surface area contributed by atoms with Gasteiger partial charge in [0, 0.05) is 17.3 Å². The molecule has 2 aromatic carbocycles. The van der Waals surface area contributed by atoms with Crippen LogP contribution in [0.15, 0.2) is 47.6 Å². The van der Waals surface area contributed by atoms with Crippen molar-refractivity contribution in [2.24, 2.45) is 5.10 Å².